The first-order chi connectivity index (χ1) is 17.7. The predicted molar refractivity (Wildman–Crippen MR) is 145 cm³/mol. The number of benzene rings is 2. The first-order valence-corrected chi connectivity index (χ1v) is 13.3. The molecule has 2 heterocycles. The largest absolute Gasteiger partial charge is 0.462 e. The Morgan fingerprint density at radius 2 is 1.73 bits per heavy atom. The number of aryl methyl sites for hydroxylation is 2. The predicted octanol–water partition coefficient (Wildman–Crippen LogP) is 5.41. The quantitative estimate of drug-likeness (QED) is 0.204. The zero-order valence-electron chi connectivity index (χ0n) is 20.6. The van der Waals surface area contributed by atoms with E-state index in [0.29, 0.717) is 28.6 Å². The van der Waals surface area contributed by atoms with E-state index in [1.807, 2.05) is 51.1 Å². The second kappa shape index (κ2) is 11.7. The summed E-state index contributed by atoms with van der Waals surface area (Å²) in [6.07, 6.45) is 0.736. The number of nitrogens with zero attached hydrogens (tertiary/aromatic N) is 3. The molecule has 0 radical (unpaired) electrons. The molecule has 0 atom stereocenters. The highest BCUT2D eigenvalue weighted by Crippen LogP contribution is 2.35. The van der Waals surface area contributed by atoms with Crippen LogP contribution in [0.1, 0.15) is 40.7 Å². The molecule has 1 aliphatic heterocycles. The van der Waals surface area contributed by atoms with Crippen LogP contribution >= 0.6 is 27.7 Å². The summed E-state index contributed by atoms with van der Waals surface area (Å²) in [5.74, 6) is -1.30. The summed E-state index contributed by atoms with van der Waals surface area (Å²) in [5, 5.41) is 3.51. The zero-order valence-corrected chi connectivity index (χ0v) is 23.0. The summed E-state index contributed by atoms with van der Waals surface area (Å²) in [4.78, 5) is 49.3. The maximum Gasteiger partial charge on any atom is 0.338 e. The van der Waals surface area contributed by atoms with Crippen LogP contribution in [0.5, 0.6) is 0 Å². The minimum Gasteiger partial charge on any atom is -0.462 e. The highest BCUT2D eigenvalue weighted by Gasteiger charge is 2.39. The van der Waals surface area contributed by atoms with Gasteiger partial charge in [-0.1, -0.05) is 41.1 Å². The third-order valence-corrected chi connectivity index (χ3v) is 6.78. The monoisotopic (exact) mass is 580 g/mol. The lowest BCUT2D eigenvalue weighted by molar-refractivity contribution is -0.137. The van der Waals surface area contributed by atoms with Crippen LogP contribution in [0.15, 0.2) is 74.8 Å². The number of halogens is 1. The zero-order chi connectivity index (χ0) is 26.5. The summed E-state index contributed by atoms with van der Waals surface area (Å²) < 4.78 is 5.99. The number of nitrogens with one attached hydrogen (secondary N) is 1. The van der Waals surface area contributed by atoms with Crippen LogP contribution < -0.4 is 5.32 Å². The van der Waals surface area contributed by atoms with Crippen LogP contribution in [0.4, 0.5) is 5.69 Å². The third-order valence-electron chi connectivity index (χ3n) is 5.34. The summed E-state index contributed by atoms with van der Waals surface area (Å²) in [6, 6.07) is 15.9. The van der Waals surface area contributed by atoms with Gasteiger partial charge in [0.25, 0.3) is 11.8 Å². The van der Waals surface area contributed by atoms with E-state index in [4.69, 9.17) is 4.74 Å². The third kappa shape index (κ3) is 6.44. The number of aromatic nitrogens is 2. The molecule has 0 saturated heterocycles. The molecule has 0 unspecified atom stereocenters. The molecule has 1 aliphatic rings. The lowest BCUT2D eigenvalue weighted by Crippen LogP contribution is -2.32. The van der Waals surface area contributed by atoms with E-state index in [1.165, 1.54) is 4.90 Å². The van der Waals surface area contributed by atoms with Gasteiger partial charge >= 0.3 is 5.97 Å². The van der Waals surface area contributed by atoms with Gasteiger partial charge in [-0.25, -0.2) is 14.8 Å². The van der Waals surface area contributed by atoms with Crippen molar-refractivity contribution in [2.45, 2.75) is 38.9 Å². The SMILES string of the molecule is CCCOC(=O)c1ccc(CN2C(=O)C(Nc3cccc(Br)c3)=C(Sc3nc(C)cc(C)n3)C2=O)cc1. The van der Waals surface area contributed by atoms with E-state index in [9.17, 15) is 14.4 Å². The maximum absolute atomic E-state index is 13.5. The van der Waals surface area contributed by atoms with Crippen molar-refractivity contribution in [1.82, 2.24) is 14.9 Å². The number of thioether (sulfide) groups is 1. The van der Waals surface area contributed by atoms with Crippen molar-refractivity contribution in [1.29, 1.82) is 0 Å². The molecule has 37 heavy (non-hydrogen) atoms. The number of carbonyl (C=O) groups is 3. The van der Waals surface area contributed by atoms with Crippen molar-refractivity contribution < 1.29 is 19.1 Å². The van der Waals surface area contributed by atoms with Crippen LogP contribution in [-0.4, -0.2) is 39.3 Å². The van der Waals surface area contributed by atoms with Gasteiger partial charge in [0.15, 0.2) is 5.16 Å². The van der Waals surface area contributed by atoms with Gasteiger partial charge in [0.2, 0.25) is 0 Å². The number of rotatable bonds is 9. The highest BCUT2D eigenvalue weighted by atomic mass is 79.9. The molecule has 0 bridgehead atoms. The second-order valence-electron chi connectivity index (χ2n) is 8.40. The van der Waals surface area contributed by atoms with Gasteiger partial charge in [0.05, 0.1) is 18.7 Å². The average molecular weight is 581 g/mol. The van der Waals surface area contributed by atoms with E-state index in [0.717, 1.165) is 34.0 Å². The van der Waals surface area contributed by atoms with E-state index < -0.39 is 17.8 Å². The van der Waals surface area contributed by atoms with Gasteiger partial charge in [-0.2, -0.15) is 0 Å². The molecule has 8 nitrogen and oxygen atoms in total. The van der Waals surface area contributed by atoms with Crippen molar-refractivity contribution in [2.75, 3.05) is 11.9 Å². The van der Waals surface area contributed by atoms with Crippen molar-refractivity contribution >= 4 is 51.2 Å². The maximum atomic E-state index is 13.5. The first-order valence-electron chi connectivity index (χ1n) is 11.6. The van der Waals surface area contributed by atoms with Crippen molar-refractivity contribution in [3.8, 4) is 0 Å². The van der Waals surface area contributed by atoms with Gasteiger partial charge < -0.3 is 10.1 Å². The second-order valence-corrected chi connectivity index (χ2v) is 10.3. The molecule has 190 valence electrons. The number of imide groups is 1. The Morgan fingerprint density at radius 3 is 2.38 bits per heavy atom. The lowest BCUT2D eigenvalue weighted by Gasteiger charge is -2.15. The number of hydrogen-bond acceptors (Lipinski definition) is 8. The van der Waals surface area contributed by atoms with Crippen molar-refractivity contribution in [3.63, 3.8) is 0 Å². The molecule has 2 amide bonds. The summed E-state index contributed by atoms with van der Waals surface area (Å²) in [5.41, 5.74) is 3.46. The molecule has 10 heteroatoms. The molecule has 0 saturated carbocycles. The average Bonchev–Trinajstić information content (AvgIpc) is 3.06. The van der Waals surface area contributed by atoms with Crippen LogP contribution in [0.3, 0.4) is 0 Å². The summed E-state index contributed by atoms with van der Waals surface area (Å²) in [6.45, 7) is 6.02. The fraction of sp³-hybridized carbons (Fsp3) is 0.222. The fourth-order valence-electron chi connectivity index (χ4n) is 3.65. The number of carbonyl (C=O) groups excluding carboxylic acids is 3. The lowest BCUT2D eigenvalue weighted by atomic mass is 10.1. The minimum atomic E-state index is -0.455. The van der Waals surface area contributed by atoms with Gasteiger partial charge in [0.1, 0.15) is 10.6 Å². The fourth-order valence-corrected chi connectivity index (χ4v) is 5.05. The molecule has 0 aliphatic carbocycles. The standard InChI is InChI=1S/C27H25BrN4O4S/c1-4-12-36-26(35)19-10-8-18(9-11-19)15-32-24(33)22(31-21-7-5-6-20(28)14-21)23(25(32)34)37-27-29-16(2)13-17(3)30-27/h5-11,13-14,31H,4,12,15H2,1-3H3. The normalized spacial score (nSPS) is 13.4. The van der Waals surface area contributed by atoms with Crippen LogP contribution in [0.2, 0.25) is 0 Å². The molecular formula is C27H25BrN4O4S. The van der Waals surface area contributed by atoms with Crippen LogP contribution in [0, 0.1) is 13.8 Å². The number of anilines is 1. The topological polar surface area (TPSA) is 101 Å². The summed E-state index contributed by atoms with van der Waals surface area (Å²) >= 11 is 4.49. The molecule has 3 aromatic rings. The number of amides is 2. The Balaban J connectivity index is 1.61. The van der Waals surface area contributed by atoms with Gasteiger partial charge in [-0.15, -0.1) is 0 Å². The van der Waals surface area contributed by atoms with E-state index in [1.54, 1.807) is 24.3 Å². The Labute approximate surface area is 227 Å². The number of hydrogen-bond donors (Lipinski definition) is 1. The Hall–Kier alpha value is -3.50. The summed E-state index contributed by atoms with van der Waals surface area (Å²) in [7, 11) is 0. The van der Waals surface area contributed by atoms with E-state index in [-0.39, 0.29) is 17.1 Å². The van der Waals surface area contributed by atoms with Gasteiger partial charge in [-0.05, 0) is 74.0 Å². The Bertz CT molecular complexity index is 1370. The molecule has 0 fully saturated rings. The number of ether oxygens (including phenoxy) is 1. The van der Waals surface area contributed by atoms with Gasteiger partial charge in [0, 0.05) is 21.5 Å². The highest BCUT2D eigenvalue weighted by molar-refractivity contribution is 9.10. The molecule has 1 N–H and O–H groups in total. The van der Waals surface area contributed by atoms with Crippen molar-refractivity contribution in [3.05, 3.63) is 92.2 Å². The van der Waals surface area contributed by atoms with Gasteiger partial charge in [-0.3, -0.25) is 14.5 Å². The molecule has 2 aromatic carbocycles. The Morgan fingerprint density at radius 1 is 1.03 bits per heavy atom. The van der Waals surface area contributed by atoms with Crippen LogP contribution in [0.25, 0.3) is 0 Å². The molecule has 0 spiro atoms. The molecule has 1 aromatic heterocycles. The Kier molecular flexibility index (Phi) is 8.40. The van der Waals surface area contributed by atoms with E-state index >= 15 is 0 Å². The van der Waals surface area contributed by atoms with Crippen molar-refractivity contribution in [2.24, 2.45) is 0 Å². The smallest absolute Gasteiger partial charge is 0.338 e. The molecular weight excluding hydrogens is 556 g/mol. The molecule has 4 rings (SSSR count). The first kappa shape index (κ1) is 26.6. The minimum absolute atomic E-state index is 0.0450. The van der Waals surface area contributed by atoms with E-state index in [2.05, 4.69) is 31.2 Å². The van der Waals surface area contributed by atoms with Crippen LogP contribution in [-0.2, 0) is 20.9 Å². The number of esters is 1.